The van der Waals surface area contributed by atoms with E-state index in [1.807, 2.05) is 48.5 Å². The van der Waals surface area contributed by atoms with E-state index in [0.29, 0.717) is 0 Å². The molecule has 0 spiro atoms. The average molecular weight is 449 g/mol. The van der Waals surface area contributed by atoms with Crippen LogP contribution in [0.15, 0.2) is 66.7 Å². The maximum atomic E-state index is 13.5. The fourth-order valence-corrected chi connectivity index (χ4v) is 4.25. The monoisotopic (exact) mass is 449 g/mol. The number of ether oxygens (including phenoxy) is 1. The van der Waals surface area contributed by atoms with E-state index in [1.165, 1.54) is 13.0 Å². The summed E-state index contributed by atoms with van der Waals surface area (Å²) in [6.45, 7) is 1.05. The Hall–Kier alpha value is -3.55. The zero-order valence-electron chi connectivity index (χ0n) is 18.0. The maximum Gasteiger partial charge on any atom is 0.407 e. The minimum absolute atomic E-state index is 0.0253. The predicted octanol–water partition coefficient (Wildman–Crippen LogP) is 3.96. The molecular weight excluding hydrogens is 425 g/mol. The summed E-state index contributed by atoms with van der Waals surface area (Å²) in [5.41, 5.74) is 4.45. The van der Waals surface area contributed by atoms with E-state index < -0.39 is 29.9 Å². The fraction of sp³-hybridized carbons (Fsp3) is 0.231. The number of aliphatic hydroxyl groups excluding tert-OH is 2. The van der Waals surface area contributed by atoms with Crippen LogP contribution in [0.4, 0.5) is 9.18 Å². The van der Waals surface area contributed by atoms with E-state index in [4.69, 9.17) is 4.74 Å². The summed E-state index contributed by atoms with van der Waals surface area (Å²) >= 11 is 0. The Labute approximate surface area is 190 Å². The molecule has 0 fully saturated rings. The summed E-state index contributed by atoms with van der Waals surface area (Å²) in [5, 5.41) is 23.2. The molecule has 2 unspecified atom stereocenters. The SMILES string of the molecule is CC(=O)c1cc(F)ccc1C(O)C(O)CNC(=O)OCC1c2ccccc2-c2ccccc21. The van der Waals surface area contributed by atoms with Gasteiger partial charge in [0.25, 0.3) is 0 Å². The number of aliphatic hydroxyl groups is 2. The maximum absolute atomic E-state index is 13.5. The molecule has 0 aromatic heterocycles. The van der Waals surface area contributed by atoms with Gasteiger partial charge in [-0.05, 0) is 46.9 Å². The molecule has 3 aromatic carbocycles. The number of nitrogens with one attached hydrogen (secondary N) is 1. The predicted molar refractivity (Wildman–Crippen MR) is 120 cm³/mol. The lowest BCUT2D eigenvalue weighted by Crippen LogP contribution is -2.36. The number of rotatable bonds is 7. The van der Waals surface area contributed by atoms with Crippen LogP contribution >= 0.6 is 0 Å². The van der Waals surface area contributed by atoms with Gasteiger partial charge >= 0.3 is 6.09 Å². The number of carbonyl (C=O) groups excluding carboxylic acids is 2. The average Bonchev–Trinajstić information content (AvgIpc) is 3.14. The number of fused-ring (bicyclic) bond motifs is 3. The van der Waals surface area contributed by atoms with Crippen LogP contribution in [-0.4, -0.2) is 41.3 Å². The van der Waals surface area contributed by atoms with Gasteiger partial charge in [0, 0.05) is 18.0 Å². The molecule has 0 aliphatic heterocycles. The molecule has 3 N–H and O–H groups in total. The number of hydrogen-bond donors (Lipinski definition) is 3. The quantitative estimate of drug-likeness (QED) is 0.475. The standard InChI is InChI=1S/C26H24FNO5/c1-15(29)22-12-16(27)10-11-21(22)25(31)24(30)13-28-26(32)33-14-23-19-8-4-2-6-17(19)18-7-3-5-9-20(18)23/h2-12,23-25,30-31H,13-14H2,1H3,(H,28,32). The van der Waals surface area contributed by atoms with Crippen molar-refractivity contribution in [1.82, 2.24) is 5.32 Å². The minimum atomic E-state index is -1.49. The van der Waals surface area contributed by atoms with Crippen molar-refractivity contribution in [2.75, 3.05) is 13.2 Å². The number of benzene rings is 3. The van der Waals surface area contributed by atoms with Crippen molar-refractivity contribution >= 4 is 11.9 Å². The molecule has 3 aromatic rings. The Balaban J connectivity index is 1.36. The fourth-order valence-electron chi connectivity index (χ4n) is 4.25. The molecule has 0 heterocycles. The van der Waals surface area contributed by atoms with Gasteiger partial charge in [-0.3, -0.25) is 4.79 Å². The van der Waals surface area contributed by atoms with Crippen molar-refractivity contribution in [2.24, 2.45) is 0 Å². The van der Waals surface area contributed by atoms with Gasteiger partial charge in [-0.2, -0.15) is 0 Å². The van der Waals surface area contributed by atoms with E-state index in [-0.39, 0.29) is 30.2 Å². The highest BCUT2D eigenvalue weighted by Crippen LogP contribution is 2.44. The van der Waals surface area contributed by atoms with Gasteiger partial charge in [0.2, 0.25) is 0 Å². The van der Waals surface area contributed by atoms with Crippen LogP contribution in [-0.2, 0) is 4.74 Å². The zero-order chi connectivity index (χ0) is 23.5. The number of amides is 1. The highest BCUT2D eigenvalue weighted by molar-refractivity contribution is 5.95. The lowest BCUT2D eigenvalue weighted by molar-refractivity contribution is 0.0180. The van der Waals surface area contributed by atoms with Crippen molar-refractivity contribution in [2.45, 2.75) is 25.0 Å². The van der Waals surface area contributed by atoms with Gasteiger partial charge in [0.1, 0.15) is 24.6 Å². The van der Waals surface area contributed by atoms with Crippen LogP contribution in [0.3, 0.4) is 0 Å². The molecule has 170 valence electrons. The second kappa shape index (κ2) is 9.52. The molecule has 4 rings (SSSR count). The highest BCUT2D eigenvalue weighted by Gasteiger charge is 2.29. The smallest absolute Gasteiger partial charge is 0.407 e. The van der Waals surface area contributed by atoms with Crippen molar-refractivity contribution in [3.8, 4) is 11.1 Å². The van der Waals surface area contributed by atoms with Crippen LogP contribution in [0.25, 0.3) is 11.1 Å². The van der Waals surface area contributed by atoms with Gasteiger partial charge in [-0.25, -0.2) is 9.18 Å². The van der Waals surface area contributed by atoms with Crippen LogP contribution < -0.4 is 5.32 Å². The molecule has 1 aliphatic rings. The molecule has 0 bridgehead atoms. The van der Waals surface area contributed by atoms with Crippen LogP contribution in [0.2, 0.25) is 0 Å². The summed E-state index contributed by atoms with van der Waals surface area (Å²) in [4.78, 5) is 24.0. The molecule has 0 radical (unpaired) electrons. The first-order valence-electron chi connectivity index (χ1n) is 10.6. The summed E-state index contributed by atoms with van der Waals surface area (Å²) < 4.78 is 18.9. The van der Waals surface area contributed by atoms with E-state index in [0.717, 1.165) is 34.4 Å². The topological polar surface area (TPSA) is 95.9 Å². The van der Waals surface area contributed by atoms with Gasteiger partial charge in [0.05, 0.1) is 0 Å². The number of carbonyl (C=O) groups is 2. The van der Waals surface area contributed by atoms with Crippen molar-refractivity contribution < 1.29 is 28.9 Å². The molecule has 2 atom stereocenters. The highest BCUT2D eigenvalue weighted by atomic mass is 19.1. The molecule has 1 amide bonds. The van der Waals surface area contributed by atoms with E-state index in [1.54, 1.807) is 0 Å². The van der Waals surface area contributed by atoms with E-state index in [2.05, 4.69) is 5.32 Å². The molecule has 6 nitrogen and oxygen atoms in total. The largest absolute Gasteiger partial charge is 0.449 e. The van der Waals surface area contributed by atoms with Crippen LogP contribution in [0.1, 0.15) is 46.0 Å². The Bertz CT molecular complexity index is 1150. The van der Waals surface area contributed by atoms with Crippen LogP contribution in [0, 0.1) is 5.82 Å². The number of hydrogen-bond acceptors (Lipinski definition) is 5. The Morgan fingerprint density at radius 2 is 1.61 bits per heavy atom. The third kappa shape index (κ3) is 4.65. The van der Waals surface area contributed by atoms with Gasteiger partial charge in [-0.15, -0.1) is 0 Å². The van der Waals surface area contributed by atoms with Gasteiger partial charge in [-0.1, -0.05) is 54.6 Å². The number of halogens is 1. The lowest BCUT2D eigenvalue weighted by Gasteiger charge is -2.21. The second-order valence-electron chi connectivity index (χ2n) is 8.01. The number of ketones is 1. The first kappa shape index (κ1) is 22.6. The minimum Gasteiger partial charge on any atom is -0.449 e. The Morgan fingerprint density at radius 1 is 1.00 bits per heavy atom. The van der Waals surface area contributed by atoms with Gasteiger partial charge in [0.15, 0.2) is 5.78 Å². The van der Waals surface area contributed by atoms with Gasteiger partial charge < -0.3 is 20.3 Å². The summed E-state index contributed by atoms with van der Waals surface area (Å²) in [5.74, 6) is -1.17. The van der Waals surface area contributed by atoms with Crippen molar-refractivity contribution in [3.05, 3.63) is 94.8 Å². The van der Waals surface area contributed by atoms with E-state index in [9.17, 15) is 24.2 Å². The summed E-state index contributed by atoms with van der Waals surface area (Å²) in [6, 6.07) is 19.3. The Kier molecular flexibility index (Phi) is 6.53. The molecule has 1 aliphatic carbocycles. The van der Waals surface area contributed by atoms with E-state index >= 15 is 0 Å². The lowest BCUT2D eigenvalue weighted by atomic mass is 9.96. The second-order valence-corrected chi connectivity index (χ2v) is 8.01. The molecule has 0 saturated carbocycles. The molecule has 33 heavy (non-hydrogen) atoms. The Morgan fingerprint density at radius 3 is 2.21 bits per heavy atom. The zero-order valence-corrected chi connectivity index (χ0v) is 18.0. The van der Waals surface area contributed by atoms with Crippen LogP contribution in [0.5, 0.6) is 0 Å². The first-order valence-corrected chi connectivity index (χ1v) is 10.6. The first-order chi connectivity index (χ1) is 15.9. The number of alkyl carbamates (subject to hydrolysis) is 1. The molecule has 7 heteroatoms. The third-order valence-corrected chi connectivity index (χ3v) is 5.88. The third-order valence-electron chi connectivity index (χ3n) is 5.88. The summed E-state index contributed by atoms with van der Waals surface area (Å²) in [6.07, 6.45) is -3.65. The van der Waals surface area contributed by atoms with Crippen molar-refractivity contribution in [1.29, 1.82) is 0 Å². The summed E-state index contributed by atoms with van der Waals surface area (Å²) in [7, 11) is 0. The molecular formula is C26H24FNO5. The normalized spacial score (nSPS) is 14.2. The molecule has 0 saturated heterocycles. The van der Waals surface area contributed by atoms with Crippen molar-refractivity contribution in [3.63, 3.8) is 0 Å². The number of Topliss-reactive ketones (excluding diaryl/α,β-unsaturated/α-hetero) is 1.